The maximum Gasteiger partial charge on any atom is 0.286 e. The van der Waals surface area contributed by atoms with Gasteiger partial charge in [-0.05, 0) is 37.3 Å². The molecule has 4 rings (SSSR count). The van der Waals surface area contributed by atoms with Gasteiger partial charge in [0, 0.05) is 24.3 Å². The Kier molecular flexibility index (Phi) is 6.54. The number of rotatable bonds is 6. The second kappa shape index (κ2) is 9.67. The number of aromatic nitrogens is 2. The Hall–Kier alpha value is -3.30. The Morgan fingerprint density at radius 3 is 2.68 bits per heavy atom. The fraction of sp³-hybridized carbons (Fsp3) is 0.273. The molecule has 1 saturated heterocycles. The molecule has 1 fully saturated rings. The van der Waals surface area contributed by atoms with Crippen molar-refractivity contribution in [2.24, 2.45) is 0 Å². The molecule has 0 spiro atoms. The molecule has 0 bridgehead atoms. The molecule has 8 nitrogen and oxygen atoms in total. The highest BCUT2D eigenvalue weighted by Crippen LogP contribution is 2.18. The van der Waals surface area contributed by atoms with Gasteiger partial charge in [-0.1, -0.05) is 35.1 Å². The molecule has 1 aromatic heterocycles. The highest BCUT2D eigenvalue weighted by Gasteiger charge is 2.19. The molecule has 1 aliphatic rings. The van der Waals surface area contributed by atoms with Crippen molar-refractivity contribution in [3.8, 4) is 5.75 Å². The molecule has 160 valence electrons. The van der Waals surface area contributed by atoms with E-state index >= 15 is 0 Å². The first-order valence-corrected chi connectivity index (χ1v) is 10.7. The van der Waals surface area contributed by atoms with Gasteiger partial charge < -0.3 is 19.7 Å². The highest BCUT2D eigenvalue weighted by molar-refractivity contribution is 7.13. The van der Waals surface area contributed by atoms with Gasteiger partial charge in [0.1, 0.15) is 12.4 Å². The van der Waals surface area contributed by atoms with Crippen LogP contribution >= 0.6 is 11.3 Å². The molecule has 31 heavy (non-hydrogen) atoms. The lowest BCUT2D eigenvalue weighted by molar-refractivity contribution is 0.0303. The normalized spacial score (nSPS) is 13.6. The minimum atomic E-state index is -0.380. The van der Waals surface area contributed by atoms with Crippen molar-refractivity contribution in [1.29, 1.82) is 0 Å². The van der Waals surface area contributed by atoms with Crippen LogP contribution in [-0.4, -0.2) is 53.2 Å². The lowest BCUT2D eigenvalue weighted by Gasteiger charge is -2.27. The van der Waals surface area contributed by atoms with Gasteiger partial charge >= 0.3 is 0 Å². The summed E-state index contributed by atoms with van der Waals surface area (Å²) < 4.78 is 11.0. The number of morpholine rings is 1. The molecule has 1 N–H and O–H groups in total. The summed E-state index contributed by atoms with van der Waals surface area (Å²) in [4.78, 5) is 27.0. The Balaban J connectivity index is 1.36. The van der Waals surface area contributed by atoms with Crippen LogP contribution < -0.4 is 10.1 Å². The number of nitrogens with zero attached hydrogens (tertiary/aromatic N) is 3. The number of benzene rings is 2. The minimum Gasteiger partial charge on any atom is -0.486 e. The van der Waals surface area contributed by atoms with Crippen LogP contribution in [0.5, 0.6) is 5.75 Å². The minimum absolute atomic E-state index is 0.0779. The molecular formula is C22H22N4O4S. The molecule has 0 unspecified atom stereocenters. The maximum absolute atomic E-state index is 12.6. The van der Waals surface area contributed by atoms with E-state index in [2.05, 4.69) is 15.5 Å². The SMILES string of the molecule is Cc1ccc(OCc2nnc(C(=O)Nc3cccc(C(=O)N4CCOCC4)c3)s2)cc1. The zero-order chi connectivity index (χ0) is 21.6. The largest absolute Gasteiger partial charge is 0.486 e. The first kappa shape index (κ1) is 21.0. The third kappa shape index (κ3) is 5.44. The summed E-state index contributed by atoms with van der Waals surface area (Å²) in [5, 5.41) is 11.6. The van der Waals surface area contributed by atoms with Crippen molar-refractivity contribution in [1.82, 2.24) is 15.1 Å². The number of hydrogen-bond donors (Lipinski definition) is 1. The summed E-state index contributed by atoms with van der Waals surface area (Å²) in [6, 6.07) is 14.6. The summed E-state index contributed by atoms with van der Waals surface area (Å²) in [7, 11) is 0. The van der Waals surface area contributed by atoms with E-state index in [0.29, 0.717) is 42.6 Å². The third-order valence-electron chi connectivity index (χ3n) is 4.71. The van der Waals surface area contributed by atoms with Gasteiger partial charge in [0.15, 0.2) is 5.01 Å². The number of nitrogens with one attached hydrogen (secondary N) is 1. The Labute approximate surface area is 183 Å². The van der Waals surface area contributed by atoms with Gasteiger partial charge in [0.2, 0.25) is 5.01 Å². The van der Waals surface area contributed by atoms with Crippen LogP contribution in [0.3, 0.4) is 0 Å². The van der Waals surface area contributed by atoms with E-state index in [9.17, 15) is 9.59 Å². The van der Waals surface area contributed by atoms with Crippen molar-refractivity contribution < 1.29 is 19.1 Å². The van der Waals surface area contributed by atoms with Crippen LogP contribution in [-0.2, 0) is 11.3 Å². The molecule has 1 aliphatic heterocycles. The maximum atomic E-state index is 12.6. The van der Waals surface area contributed by atoms with E-state index in [1.54, 1.807) is 29.2 Å². The van der Waals surface area contributed by atoms with Gasteiger partial charge in [-0.15, -0.1) is 10.2 Å². The molecule has 9 heteroatoms. The quantitative estimate of drug-likeness (QED) is 0.636. The molecule has 2 aromatic carbocycles. The van der Waals surface area contributed by atoms with E-state index in [4.69, 9.17) is 9.47 Å². The third-order valence-corrected chi connectivity index (χ3v) is 5.61. The second-order valence-corrected chi connectivity index (χ2v) is 8.10. The summed E-state index contributed by atoms with van der Waals surface area (Å²) in [6.45, 7) is 4.44. The number of carbonyl (C=O) groups excluding carboxylic acids is 2. The Morgan fingerprint density at radius 2 is 1.90 bits per heavy atom. The molecular weight excluding hydrogens is 416 g/mol. The lowest BCUT2D eigenvalue weighted by Crippen LogP contribution is -2.40. The predicted molar refractivity (Wildman–Crippen MR) is 117 cm³/mol. The molecule has 0 saturated carbocycles. The summed E-state index contributed by atoms with van der Waals surface area (Å²) >= 11 is 1.17. The average molecular weight is 439 g/mol. The standard InChI is InChI=1S/C22H22N4O4S/c1-15-5-7-18(8-6-15)30-14-19-24-25-21(31-19)20(27)23-17-4-2-3-16(13-17)22(28)26-9-11-29-12-10-26/h2-8,13H,9-12,14H2,1H3,(H,23,27). The molecule has 0 aliphatic carbocycles. The first-order valence-electron chi connectivity index (χ1n) is 9.89. The van der Waals surface area contributed by atoms with Gasteiger partial charge in [-0.3, -0.25) is 9.59 Å². The van der Waals surface area contributed by atoms with Crippen molar-refractivity contribution in [2.75, 3.05) is 31.6 Å². The van der Waals surface area contributed by atoms with Crippen molar-refractivity contribution in [3.05, 3.63) is 69.7 Å². The van der Waals surface area contributed by atoms with Crippen LogP contribution in [0.4, 0.5) is 5.69 Å². The number of aryl methyl sites for hydroxylation is 1. The summed E-state index contributed by atoms with van der Waals surface area (Å²) in [6.07, 6.45) is 0. The van der Waals surface area contributed by atoms with E-state index in [0.717, 1.165) is 11.3 Å². The molecule has 0 atom stereocenters. The van der Waals surface area contributed by atoms with Gasteiger partial charge in [-0.25, -0.2) is 0 Å². The van der Waals surface area contributed by atoms with Crippen LogP contribution in [0, 0.1) is 6.92 Å². The van der Waals surface area contributed by atoms with Crippen molar-refractivity contribution in [2.45, 2.75) is 13.5 Å². The lowest BCUT2D eigenvalue weighted by atomic mass is 10.1. The molecule has 0 radical (unpaired) electrons. The van der Waals surface area contributed by atoms with Crippen LogP contribution in [0.2, 0.25) is 0 Å². The molecule has 3 aromatic rings. The van der Waals surface area contributed by atoms with Crippen LogP contribution in [0.1, 0.15) is 30.7 Å². The van der Waals surface area contributed by atoms with E-state index in [1.807, 2.05) is 31.2 Å². The Bertz CT molecular complexity index is 1060. The fourth-order valence-corrected chi connectivity index (χ4v) is 3.69. The van der Waals surface area contributed by atoms with Gasteiger partial charge in [0.25, 0.3) is 11.8 Å². The van der Waals surface area contributed by atoms with E-state index in [-0.39, 0.29) is 23.4 Å². The fourth-order valence-electron chi connectivity index (χ4n) is 3.05. The number of ether oxygens (including phenoxy) is 2. The zero-order valence-electron chi connectivity index (χ0n) is 17.0. The highest BCUT2D eigenvalue weighted by atomic mass is 32.1. The van der Waals surface area contributed by atoms with Crippen molar-refractivity contribution >= 4 is 28.8 Å². The van der Waals surface area contributed by atoms with E-state index in [1.165, 1.54) is 11.3 Å². The smallest absolute Gasteiger partial charge is 0.286 e. The zero-order valence-corrected chi connectivity index (χ0v) is 17.9. The molecule has 2 amide bonds. The average Bonchev–Trinajstić information content (AvgIpc) is 3.28. The number of hydrogen-bond acceptors (Lipinski definition) is 7. The Morgan fingerprint density at radius 1 is 1.13 bits per heavy atom. The van der Waals surface area contributed by atoms with Crippen LogP contribution in [0.15, 0.2) is 48.5 Å². The van der Waals surface area contributed by atoms with Crippen molar-refractivity contribution in [3.63, 3.8) is 0 Å². The van der Waals surface area contributed by atoms with Gasteiger partial charge in [0.05, 0.1) is 13.2 Å². The first-order chi connectivity index (χ1) is 15.1. The van der Waals surface area contributed by atoms with E-state index < -0.39 is 0 Å². The molecule has 2 heterocycles. The van der Waals surface area contributed by atoms with Crippen LogP contribution in [0.25, 0.3) is 0 Å². The number of carbonyl (C=O) groups is 2. The second-order valence-electron chi connectivity index (χ2n) is 7.04. The number of amides is 2. The predicted octanol–water partition coefficient (Wildman–Crippen LogP) is 3.15. The summed E-state index contributed by atoms with van der Waals surface area (Å²) in [5.41, 5.74) is 2.19. The summed E-state index contributed by atoms with van der Waals surface area (Å²) in [5.74, 6) is 0.273. The monoisotopic (exact) mass is 438 g/mol. The topological polar surface area (TPSA) is 93.7 Å². The number of anilines is 1. The van der Waals surface area contributed by atoms with Gasteiger partial charge in [-0.2, -0.15) is 0 Å².